The average Bonchev–Trinajstić information content (AvgIpc) is 2.37. The van der Waals surface area contributed by atoms with Crippen LogP contribution in [-0.4, -0.2) is 34.0 Å². The van der Waals surface area contributed by atoms with Crippen molar-refractivity contribution >= 4 is 27.8 Å². The van der Waals surface area contributed by atoms with Crippen LogP contribution >= 0.6 is 15.9 Å². The van der Waals surface area contributed by atoms with Gasteiger partial charge in [-0.25, -0.2) is 13.6 Å². The summed E-state index contributed by atoms with van der Waals surface area (Å²) in [6, 6.07) is 1.97. The number of halogens is 3. The highest BCUT2D eigenvalue weighted by atomic mass is 79.9. The molecule has 4 nitrogen and oxygen atoms in total. The number of aliphatic carboxylic acids is 1. The lowest BCUT2D eigenvalue weighted by molar-refractivity contribution is -0.150. The molecule has 0 aromatic heterocycles. The Balaban J connectivity index is 2.45. The number of hydrogen-bond donors (Lipinski definition) is 1. The van der Waals surface area contributed by atoms with Gasteiger partial charge >= 0.3 is 5.97 Å². The molecular formula is C14H14BrF2NO3. The number of carboxylic acid groups (broad SMARTS) is 1. The minimum atomic E-state index is -1.44. The van der Waals surface area contributed by atoms with Crippen LogP contribution in [0.2, 0.25) is 0 Å². The second kappa shape index (κ2) is 5.71. The first-order chi connectivity index (χ1) is 9.77. The lowest BCUT2D eigenvalue weighted by Gasteiger charge is -2.41. The number of amides is 1. The highest BCUT2D eigenvalue weighted by Gasteiger charge is 2.45. The van der Waals surface area contributed by atoms with Crippen molar-refractivity contribution in [1.29, 1.82) is 0 Å². The van der Waals surface area contributed by atoms with Gasteiger partial charge in [-0.1, -0.05) is 15.9 Å². The zero-order valence-electron chi connectivity index (χ0n) is 11.3. The topological polar surface area (TPSA) is 57.6 Å². The SMILES string of the molecule is CC1(C(=O)O)CCCCN1C(=O)c1c(F)cc(Br)cc1F. The molecule has 21 heavy (non-hydrogen) atoms. The molecule has 0 bridgehead atoms. The van der Waals surface area contributed by atoms with Crippen LogP contribution < -0.4 is 0 Å². The van der Waals surface area contributed by atoms with Gasteiger partial charge < -0.3 is 10.0 Å². The number of nitrogens with zero attached hydrogens (tertiary/aromatic N) is 1. The zero-order valence-corrected chi connectivity index (χ0v) is 12.9. The maximum Gasteiger partial charge on any atom is 0.329 e. The van der Waals surface area contributed by atoms with E-state index in [0.29, 0.717) is 12.8 Å². The van der Waals surface area contributed by atoms with Crippen LogP contribution in [0.3, 0.4) is 0 Å². The molecule has 0 radical (unpaired) electrons. The van der Waals surface area contributed by atoms with Crippen LogP contribution in [0.5, 0.6) is 0 Å². The second-order valence-corrected chi connectivity index (χ2v) is 6.15. The fourth-order valence-corrected chi connectivity index (χ4v) is 2.95. The summed E-state index contributed by atoms with van der Waals surface area (Å²) in [7, 11) is 0. The normalized spacial score (nSPS) is 22.2. The van der Waals surface area contributed by atoms with Gasteiger partial charge in [0.1, 0.15) is 22.7 Å². The fourth-order valence-electron chi connectivity index (χ4n) is 2.55. The first-order valence-electron chi connectivity index (χ1n) is 6.47. The van der Waals surface area contributed by atoms with Crippen molar-refractivity contribution in [1.82, 2.24) is 4.90 Å². The van der Waals surface area contributed by atoms with Gasteiger partial charge in [0.15, 0.2) is 0 Å². The fraction of sp³-hybridized carbons (Fsp3) is 0.429. The van der Waals surface area contributed by atoms with Crippen LogP contribution in [0, 0.1) is 11.6 Å². The Kier molecular flexibility index (Phi) is 4.32. The lowest BCUT2D eigenvalue weighted by Crippen LogP contribution is -2.57. The van der Waals surface area contributed by atoms with Crippen LogP contribution in [0.15, 0.2) is 16.6 Å². The molecule has 1 atom stereocenters. The Morgan fingerprint density at radius 2 is 1.86 bits per heavy atom. The molecule has 1 heterocycles. The number of carbonyl (C=O) groups is 2. The van der Waals surface area contributed by atoms with E-state index in [1.807, 2.05) is 0 Å². The van der Waals surface area contributed by atoms with E-state index in [4.69, 9.17) is 0 Å². The van der Waals surface area contributed by atoms with Crippen molar-refractivity contribution in [3.05, 3.63) is 33.8 Å². The van der Waals surface area contributed by atoms with E-state index in [2.05, 4.69) is 15.9 Å². The molecule has 1 amide bonds. The number of carboxylic acids is 1. The van der Waals surface area contributed by atoms with Crippen molar-refractivity contribution in [3.8, 4) is 0 Å². The van der Waals surface area contributed by atoms with E-state index in [9.17, 15) is 23.5 Å². The molecule has 0 aliphatic carbocycles. The Hall–Kier alpha value is -1.50. The Labute approximate surface area is 128 Å². The van der Waals surface area contributed by atoms with Crippen molar-refractivity contribution in [2.45, 2.75) is 31.7 Å². The van der Waals surface area contributed by atoms with E-state index in [1.165, 1.54) is 6.92 Å². The monoisotopic (exact) mass is 361 g/mol. The number of hydrogen-bond acceptors (Lipinski definition) is 2. The highest BCUT2D eigenvalue weighted by Crippen LogP contribution is 2.31. The summed E-state index contributed by atoms with van der Waals surface area (Å²) in [5, 5.41) is 9.36. The summed E-state index contributed by atoms with van der Waals surface area (Å²) in [6.07, 6.45) is 1.51. The van der Waals surface area contributed by atoms with Gasteiger partial charge in [-0.05, 0) is 38.3 Å². The maximum atomic E-state index is 13.9. The van der Waals surface area contributed by atoms with Crippen molar-refractivity contribution in [2.75, 3.05) is 6.54 Å². The molecule has 0 spiro atoms. The minimum Gasteiger partial charge on any atom is -0.480 e. The number of carbonyl (C=O) groups excluding carboxylic acids is 1. The summed E-state index contributed by atoms with van der Waals surface area (Å²) in [6.45, 7) is 1.57. The first-order valence-corrected chi connectivity index (χ1v) is 7.26. The molecule has 1 fully saturated rings. The van der Waals surface area contributed by atoms with Crippen molar-refractivity contribution in [3.63, 3.8) is 0 Å². The van der Waals surface area contributed by atoms with Crippen LogP contribution in [0.4, 0.5) is 8.78 Å². The molecule has 2 rings (SSSR count). The third-order valence-electron chi connectivity index (χ3n) is 3.82. The summed E-state index contributed by atoms with van der Waals surface area (Å²) in [5.41, 5.74) is -2.16. The summed E-state index contributed by atoms with van der Waals surface area (Å²) < 4.78 is 28.0. The van der Waals surface area contributed by atoms with E-state index >= 15 is 0 Å². The molecule has 114 valence electrons. The Bertz CT molecular complexity index is 585. The quantitative estimate of drug-likeness (QED) is 0.879. The first kappa shape index (κ1) is 15.9. The zero-order chi connectivity index (χ0) is 15.8. The number of likely N-dealkylation sites (tertiary alicyclic amines) is 1. The molecule has 0 saturated carbocycles. The predicted octanol–water partition coefficient (Wildman–Crippen LogP) is 3.20. The highest BCUT2D eigenvalue weighted by molar-refractivity contribution is 9.10. The van der Waals surface area contributed by atoms with E-state index < -0.39 is 34.6 Å². The summed E-state index contributed by atoms with van der Waals surface area (Å²) in [5.74, 6) is -4.12. The summed E-state index contributed by atoms with van der Waals surface area (Å²) >= 11 is 2.94. The lowest BCUT2D eigenvalue weighted by atomic mass is 9.87. The smallest absolute Gasteiger partial charge is 0.329 e. The van der Waals surface area contributed by atoms with E-state index in [0.717, 1.165) is 17.0 Å². The third-order valence-corrected chi connectivity index (χ3v) is 4.28. The molecule has 1 aromatic carbocycles. The molecule has 1 aliphatic heterocycles. The van der Waals surface area contributed by atoms with Gasteiger partial charge in [0.25, 0.3) is 5.91 Å². The van der Waals surface area contributed by atoms with Crippen molar-refractivity contribution < 1.29 is 23.5 Å². The van der Waals surface area contributed by atoms with Crippen LogP contribution in [-0.2, 0) is 4.79 Å². The van der Waals surface area contributed by atoms with Gasteiger partial charge in [-0.15, -0.1) is 0 Å². The van der Waals surface area contributed by atoms with E-state index in [1.54, 1.807) is 0 Å². The number of piperidine rings is 1. The largest absolute Gasteiger partial charge is 0.480 e. The molecule has 1 aromatic rings. The standard InChI is InChI=1S/C14H14BrF2NO3/c1-14(13(20)21)4-2-3-5-18(14)12(19)11-9(16)6-8(15)7-10(11)17/h6-7H,2-5H2,1H3,(H,20,21). The molecule has 1 aliphatic rings. The molecule has 1 N–H and O–H groups in total. The van der Waals surface area contributed by atoms with Gasteiger partial charge in [0.05, 0.1) is 0 Å². The number of rotatable bonds is 2. The molecule has 7 heteroatoms. The maximum absolute atomic E-state index is 13.9. The van der Waals surface area contributed by atoms with Crippen LogP contribution in [0.25, 0.3) is 0 Å². The summed E-state index contributed by atoms with van der Waals surface area (Å²) in [4.78, 5) is 24.9. The van der Waals surface area contributed by atoms with Gasteiger partial charge in [0.2, 0.25) is 0 Å². The van der Waals surface area contributed by atoms with Crippen LogP contribution in [0.1, 0.15) is 36.5 Å². The Morgan fingerprint density at radius 3 is 2.38 bits per heavy atom. The molecule has 1 saturated heterocycles. The van der Waals surface area contributed by atoms with Gasteiger partial charge in [0, 0.05) is 11.0 Å². The second-order valence-electron chi connectivity index (χ2n) is 5.24. The minimum absolute atomic E-state index is 0.163. The molecule has 1 unspecified atom stereocenters. The molecular weight excluding hydrogens is 348 g/mol. The third kappa shape index (κ3) is 2.79. The van der Waals surface area contributed by atoms with Crippen molar-refractivity contribution in [2.24, 2.45) is 0 Å². The predicted molar refractivity (Wildman–Crippen MR) is 75.0 cm³/mol. The average molecular weight is 362 g/mol. The van der Waals surface area contributed by atoms with Gasteiger partial charge in [-0.3, -0.25) is 4.79 Å². The Morgan fingerprint density at radius 1 is 1.29 bits per heavy atom. The van der Waals surface area contributed by atoms with E-state index in [-0.39, 0.29) is 17.4 Å². The number of benzene rings is 1. The van der Waals surface area contributed by atoms with Gasteiger partial charge in [-0.2, -0.15) is 0 Å².